The summed E-state index contributed by atoms with van der Waals surface area (Å²) in [7, 11) is 0. The summed E-state index contributed by atoms with van der Waals surface area (Å²) in [5.41, 5.74) is 0. The van der Waals surface area contributed by atoms with Gasteiger partial charge in [-0.2, -0.15) is 0 Å². The second kappa shape index (κ2) is 31.5. The first-order chi connectivity index (χ1) is 0. The molecule has 0 spiro atoms. The van der Waals surface area contributed by atoms with E-state index in [1.54, 1.807) is 0 Å². The first-order valence-corrected chi connectivity index (χ1v) is 0. The van der Waals surface area contributed by atoms with Crippen LogP contribution in [0.25, 0.3) is 0 Å². The van der Waals surface area contributed by atoms with Gasteiger partial charge in [0.15, 0.2) is 0 Å². The van der Waals surface area contributed by atoms with Crippen molar-refractivity contribution in [1.82, 2.24) is 0 Å². The molecule has 0 aromatic carbocycles. The quantitative estimate of drug-likeness (QED) is 0.638. The largest absolute Gasteiger partial charge is 0.147 e. The van der Waals surface area contributed by atoms with Gasteiger partial charge in [0.25, 0.3) is 0 Å². The van der Waals surface area contributed by atoms with Crippen molar-refractivity contribution < 1.29 is 40.4 Å². The standard InChI is InChI=1S/4ClH.Sm/h4*1H;. The van der Waals surface area contributed by atoms with Crippen LogP contribution in [0.4, 0.5) is 0 Å². The molecule has 0 atom stereocenters. The molecular formula is H4Cl4Sm. The third-order valence-corrected chi connectivity index (χ3v) is 0. The fraction of sp³-hybridized carbons (Fsp3) is 0. The molecule has 5 heavy (non-hydrogen) atoms. The van der Waals surface area contributed by atoms with E-state index in [2.05, 4.69) is 0 Å². The SMILES string of the molecule is Cl.Cl.Cl.Cl.[Sm]. The van der Waals surface area contributed by atoms with Crippen LogP contribution in [0.1, 0.15) is 0 Å². The molecule has 0 amide bonds. The second-order valence-corrected chi connectivity index (χ2v) is 0. The molecule has 0 aromatic rings. The van der Waals surface area contributed by atoms with E-state index in [0.29, 0.717) is 0 Å². The Morgan fingerprint density at radius 1 is 0.400 bits per heavy atom. The minimum Gasteiger partial charge on any atom is -0.147 e. The van der Waals surface area contributed by atoms with Gasteiger partial charge in [-0.25, -0.2) is 0 Å². The van der Waals surface area contributed by atoms with Crippen LogP contribution in [0.15, 0.2) is 0 Å². The van der Waals surface area contributed by atoms with Gasteiger partial charge in [0.1, 0.15) is 0 Å². The average molecular weight is 296 g/mol. The molecule has 0 saturated carbocycles. The number of hydrogen-bond donors (Lipinski definition) is 0. The summed E-state index contributed by atoms with van der Waals surface area (Å²) in [6.07, 6.45) is 0. The smallest absolute Gasteiger partial charge is 0 e. The minimum atomic E-state index is 0. The summed E-state index contributed by atoms with van der Waals surface area (Å²) < 4.78 is 0. The van der Waals surface area contributed by atoms with Crippen molar-refractivity contribution in [1.29, 1.82) is 0 Å². The van der Waals surface area contributed by atoms with Gasteiger partial charge >= 0.3 is 0 Å². The van der Waals surface area contributed by atoms with Crippen molar-refractivity contribution in [3.8, 4) is 0 Å². The van der Waals surface area contributed by atoms with Crippen LogP contribution >= 0.6 is 49.6 Å². The maximum Gasteiger partial charge on any atom is 0 e. The van der Waals surface area contributed by atoms with E-state index in [0.717, 1.165) is 0 Å². The van der Waals surface area contributed by atoms with Gasteiger partial charge < -0.3 is 0 Å². The van der Waals surface area contributed by atoms with E-state index in [-0.39, 0.29) is 90.0 Å². The maximum absolute atomic E-state index is 0. The molecule has 0 N–H and O–H groups in total. The third-order valence-electron chi connectivity index (χ3n) is 0. The molecule has 0 fully saturated rings. The van der Waals surface area contributed by atoms with Crippen LogP contribution in [0.5, 0.6) is 0 Å². The summed E-state index contributed by atoms with van der Waals surface area (Å²) >= 11 is 0. The normalized spacial score (nSPS) is 0. The summed E-state index contributed by atoms with van der Waals surface area (Å²) in [6.45, 7) is 0. The summed E-state index contributed by atoms with van der Waals surface area (Å²) in [4.78, 5) is 0. The van der Waals surface area contributed by atoms with E-state index in [9.17, 15) is 0 Å². The van der Waals surface area contributed by atoms with Crippen LogP contribution in [0.2, 0.25) is 0 Å². The predicted octanol–water partition coefficient (Wildman–Crippen LogP) is 1.69. The van der Waals surface area contributed by atoms with Crippen molar-refractivity contribution in [2.45, 2.75) is 0 Å². The van der Waals surface area contributed by atoms with Crippen LogP contribution in [-0.4, -0.2) is 0 Å². The van der Waals surface area contributed by atoms with Crippen molar-refractivity contribution >= 4 is 49.6 Å². The second-order valence-electron chi connectivity index (χ2n) is 0. The van der Waals surface area contributed by atoms with Crippen molar-refractivity contribution in [2.75, 3.05) is 0 Å². The molecule has 0 heterocycles. The Balaban J connectivity index is 0. The van der Waals surface area contributed by atoms with Crippen molar-refractivity contribution in [2.24, 2.45) is 0 Å². The van der Waals surface area contributed by atoms with Gasteiger partial charge in [0.05, 0.1) is 0 Å². The van der Waals surface area contributed by atoms with Gasteiger partial charge in [-0.15, -0.1) is 49.6 Å². The topological polar surface area (TPSA) is 0 Å². The van der Waals surface area contributed by atoms with Gasteiger partial charge in [-0.05, 0) is 0 Å². The fourth-order valence-corrected chi connectivity index (χ4v) is 0. The summed E-state index contributed by atoms with van der Waals surface area (Å²) in [5.74, 6) is 0. The molecule has 0 radical (unpaired) electrons. The van der Waals surface area contributed by atoms with Crippen LogP contribution in [0.3, 0.4) is 0 Å². The summed E-state index contributed by atoms with van der Waals surface area (Å²) in [6, 6.07) is 0. The minimum absolute atomic E-state index is 0. The van der Waals surface area contributed by atoms with E-state index in [1.807, 2.05) is 0 Å². The summed E-state index contributed by atoms with van der Waals surface area (Å²) in [5, 5.41) is 0. The van der Waals surface area contributed by atoms with Crippen LogP contribution in [0, 0.1) is 40.4 Å². The van der Waals surface area contributed by atoms with Crippen molar-refractivity contribution in [3.05, 3.63) is 0 Å². The first kappa shape index (κ1) is 50.7. The number of rotatable bonds is 0. The van der Waals surface area contributed by atoms with Crippen LogP contribution in [-0.2, 0) is 0 Å². The molecule has 0 nitrogen and oxygen atoms in total. The Kier molecular flexibility index (Phi) is 319. The van der Waals surface area contributed by atoms with E-state index < -0.39 is 0 Å². The van der Waals surface area contributed by atoms with E-state index in [1.165, 1.54) is 0 Å². The maximum atomic E-state index is 0. The Hall–Kier alpha value is 2.50. The van der Waals surface area contributed by atoms with E-state index >= 15 is 0 Å². The number of hydrogen-bond acceptors (Lipinski definition) is 0. The zero-order chi connectivity index (χ0) is 0. The Morgan fingerprint density at radius 2 is 0.400 bits per heavy atom. The van der Waals surface area contributed by atoms with E-state index in [4.69, 9.17) is 0 Å². The zero-order valence-electron chi connectivity index (χ0n) is 2.04. The predicted molar refractivity (Wildman–Crippen MR) is 29.0 cm³/mol. The molecule has 0 rings (SSSR count). The third kappa shape index (κ3) is 21.1. The number of halogens is 4. The van der Waals surface area contributed by atoms with Gasteiger partial charge in [0, 0.05) is 40.4 Å². The average Bonchev–Trinajstić information content (AvgIpc) is 0. The molecule has 0 unspecified atom stereocenters. The molecule has 38 valence electrons. The van der Waals surface area contributed by atoms with Crippen LogP contribution < -0.4 is 0 Å². The monoisotopic (exact) mass is 296 g/mol. The first-order valence-electron chi connectivity index (χ1n) is 0. The molecule has 0 aliphatic rings. The van der Waals surface area contributed by atoms with Gasteiger partial charge in [0.2, 0.25) is 0 Å². The Labute approximate surface area is 88.6 Å². The Morgan fingerprint density at radius 3 is 0.400 bits per heavy atom. The fourth-order valence-electron chi connectivity index (χ4n) is 0. The zero-order valence-corrected chi connectivity index (χ0v) is 7.93. The van der Waals surface area contributed by atoms with Gasteiger partial charge in [-0.1, -0.05) is 0 Å². The van der Waals surface area contributed by atoms with Crippen molar-refractivity contribution in [3.63, 3.8) is 0 Å². The molecule has 0 aliphatic carbocycles. The molecule has 5 heteroatoms. The molecule has 0 aliphatic heterocycles. The molecule has 0 aromatic heterocycles. The van der Waals surface area contributed by atoms with Gasteiger partial charge in [-0.3, -0.25) is 0 Å². The molecular weight excluding hydrogens is 292 g/mol. The Bertz CT molecular complexity index is 3.61. The molecule has 0 saturated heterocycles. The molecule has 0 bridgehead atoms.